The molecule has 1 atom stereocenters. The molecule has 0 bridgehead atoms. The minimum atomic E-state index is -3.37. The molecule has 8 heteroatoms. The molecule has 0 unspecified atom stereocenters. The zero-order chi connectivity index (χ0) is 17.3. The van der Waals surface area contributed by atoms with E-state index in [-0.39, 0.29) is 30.8 Å². The number of carbonyl (C=O) groups excluding carboxylic acids is 1. The summed E-state index contributed by atoms with van der Waals surface area (Å²) in [5.74, 6) is 0.609. The topological polar surface area (TPSA) is 96.5 Å². The smallest absolute Gasteiger partial charge is 0.221 e. The first-order valence-corrected chi connectivity index (χ1v) is 9.05. The van der Waals surface area contributed by atoms with Crippen LogP contribution in [0.15, 0.2) is 24.3 Å². The molecule has 1 aromatic carbocycles. The number of hydrogen-bond acceptors (Lipinski definition) is 5. The molecule has 130 valence electrons. The Morgan fingerprint density at radius 3 is 2.48 bits per heavy atom. The molecule has 1 rings (SSSR count). The van der Waals surface area contributed by atoms with Gasteiger partial charge < -0.3 is 15.4 Å². The third-order valence-corrected chi connectivity index (χ3v) is 4.62. The lowest BCUT2D eigenvalue weighted by atomic mass is 10.2. The van der Waals surface area contributed by atoms with Crippen LogP contribution in [0.5, 0.6) is 5.75 Å². The Kier molecular flexibility index (Phi) is 8.01. The second-order valence-corrected chi connectivity index (χ2v) is 7.15. The maximum atomic E-state index is 11.9. The Balaban J connectivity index is 2.33. The average Bonchev–Trinajstić information content (AvgIpc) is 2.53. The van der Waals surface area contributed by atoms with Gasteiger partial charge in [-0.1, -0.05) is 12.1 Å². The quantitative estimate of drug-likeness (QED) is 0.565. The fourth-order valence-corrected chi connectivity index (χ4v) is 2.82. The number of sulfonamides is 1. The third kappa shape index (κ3) is 7.96. The minimum Gasteiger partial charge on any atom is -0.497 e. The fourth-order valence-electron chi connectivity index (χ4n) is 1.90. The first-order chi connectivity index (χ1) is 10.9. The molecule has 0 aromatic heterocycles. The first-order valence-electron chi connectivity index (χ1n) is 7.40. The number of methoxy groups -OCH3 is 1. The van der Waals surface area contributed by atoms with Gasteiger partial charge in [-0.05, 0) is 24.6 Å². The van der Waals surface area contributed by atoms with Crippen molar-refractivity contribution in [1.29, 1.82) is 0 Å². The molecule has 7 nitrogen and oxygen atoms in total. The van der Waals surface area contributed by atoms with Crippen molar-refractivity contribution in [3.8, 4) is 5.75 Å². The molecule has 0 aliphatic heterocycles. The van der Waals surface area contributed by atoms with Gasteiger partial charge in [-0.3, -0.25) is 4.79 Å². The van der Waals surface area contributed by atoms with Crippen LogP contribution in [0.3, 0.4) is 0 Å². The SMILES string of the molecule is CNC(=O)C[C@H](C)NCCS(=O)(=O)NCc1ccc(OC)cc1. The maximum Gasteiger partial charge on any atom is 0.221 e. The van der Waals surface area contributed by atoms with Gasteiger partial charge in [-0.2, -0.15) is 0 Å². The normalized spacial score (nSPS) is 12.7. The third-order valence-electron chi connectivity index (χ3n) is 3.29. The van der Waals surface area contributed by atoms with E-state index in [4.69, 9.17) is 4.74 Å². The van der Waals surface area contributed by atoms with Gasteiger partial charge in [-0.25, -0.2) is 13.1 Å². The molecule has 0 aliphatic carbocycles. The largest absolute Gasteiger partial charge is 0.497 e. The monoisotopic (exact) mass is 343 g/mol. The summed E-state index contributed by atoms with van der Waals surface area (Å²) in [5, 5.41) is 5.55. The van der Waals surface area contributed by atoms with Crippen molar-refractivity contribution in [2.45, 2.75) is 25.9 Å². The zero-order valence-electron chi connectivity index (χ0n) is 13.8. The van der Waals surface area contributed by atoms with Crippen molar-refractivity contribution < 1.29 is 17.9 Å². The van der Waals surface area contributed by atoms with Gasteiger partial charge in [-0.15, -0.1) is 0 Å². The highest BCUT2D eigenvalue weighted by molar-refractivity contribution is 7.89. The Morgan fingerprint density at radius 1 is 1.26 bits per heavy atom. The molecule has 23 heavy (non-hydrogen) atoms. The summed E-state index contributed by atoms with van der Waals surface area (Å²) in [5.41, 5.74) is 0.857. The van der Waals surface area contributed by atoms with E-state index in [1.54, 1.807) is 26.3 Å². The lowest BCUT2D eigenvalue weighted by Gasteiger charge is -2.13. The molecule has 0 heterocycles. The number of rotatable bonds is 10. The fraction of sp³-hybridized carbons (Fsp3) is 0.533. The summed E-state index contributed by atoms with van der Waals surface area (Å²) < 4.78 is 31.5. The van der Waals surface area contributed by atoms with Gasteiger partial charge in [0, 0.05) is 32.6 Å². The minimum absolute atomic E-state index is 0.0404. The van der Waals surface area contributed by atoms with Gasteiger partial charge in [0.1, 0.15) is 5.75 Å². The van der Waals surface area contributed by atoms with E-state index < -0.39 is 10.0 Å². The predicted octanol–water partition coefficient (Wildman–Crippen LogP) is 0.229. The van der Waals surface area contributed by atoms with Gasteiger partial charge in [0.05, 0.1) is 12.9 Å². The lowest BCUT2D eigenvalue weighted by molar-refractivity contribution is -0.121. The van der Waals surface area contributed by atoms with Crippen LogP contribution < -0.4 is 20.1 Å². The van der Waals surface area contributed by atoms with Crippen LogP contribution >= 0.6 is 0 Å². The lowest BCUT2D eigenvalue weighted by Crippen LogP contribution is -2.37. The highest BCUT2D eigenvalue weighted by Gasteiger charge is 2.12. The molecule has 3 N–H and O–H groups in total. The molecule has 1 amide bonds. The maximum absolute atomic E-state index is 11.9. The van der Waals surface area contributed by atoms with Crippen LogP contribution in [0.1, 0.15) is 18.9 Å². The number of carbonyl (C=O) groups is 1. The van der Waals surface area contributed by atoms with Crippen molar-refractivity contribution in [3.63, 3.8) is 0 Å². The summed E-state index contributed by atoms with van der Waals surface area (Å²) in [6.45, 7) is 2.36. The number of nitrogens with one attached hydrogen (secondary N) is 3. The van der Waals surface area contributed by atoms with E-state index in [2.05, 4.69) is 15.4 Å². The molecular formula is C15H25N3O4S. The van der Waals surface area contributed by atoms with E-state index in [0.717, 1.165) is 11.3 Å². The van der Waals surface area contributed by atoms with Crippen LogP contribution in [-0.2, 0) is 21.4 Å². The van der Waals surface area contributed by atoms with E-state index in [1.165, 1.54) is 0 Å². The van der Waals surface area contributed by atoms with Crippen molar-refractivity contribution in [1.82, 2.24) is 15.4 Å². The van der Waals surface area contributed by atoms with Gasteiger partial charge >= 0.3 is 0 Å². The van der Waals surface area contributed by atoms with Crippen molar-refractivity contribution in [3.05, 3.63) is 29.8 Å². The van der Waals surface area contributed by atoms with Gasteiger partial charge in [0.25, 0.3) is 0 Å². The summed E-state index contributed by atoms with van der Waals surface area (Å²) in [7, 11) is -0.218. The number of ether oxygens (including phenoxy) is 1. The van der Waals surface area contributed by atoms with E-state index >= 15 is 0 Å². The van der Waals surface area contributed by atoms with Crippen LogP contribution in [0.25, 0.3) is 0 Å². The summed E-state index contributed by atoms with van der Waals surface area (Å²) >= 11 is 0. The highest BCUT2D eigenvalue weighted by atomic mass is 32.2. The molecule has 0 fully saturated rings. The van der Waals surface area contributed by atoms with Crippen LogP contribution in [-0.4, -0.2) is 46.8 Å². The standard InChI is InChI=1S/C15H25N3O4S/c1-12(10-15(19)16-2)17-8-9-23(20,21)18-11-13-4-6-14(22-3)7-5-13/h4-7,12,17-18H,8-11H2,1-3H3,(H,16,19)/t12-/m0/s1. The van der Waals surface area contributed by atoms with Crippen LogP contribution in [0, 0.1) is 0 Å². The van der Waals surface area contributed by atoms with E-state index in [0.29, 0.717) is 6.42 Å². The van der Waals surface area contributed by atoms with Crippen LogP contribution in [0.2, 0.25) is 0 Å². The van der Waals surface area contributed by atoms with E-state index in [1.807, 2.05) is 19.1 Å². The Morgan fingerprint density at radius 2 is 1.91 bits per heavy atom. The molecule has 1 aromatic rings. The molecule has 0 spiro atoms. The second-order valence-electron chi connectivity index (χ2n) is 5.22. The number of benzene rings is 1. The Bertz CT molecular complexity index is 587. The molecular weight excluding hydrogens is 318 g/mol. The molecule has 0 radical (unpaired) electrons. The zero-order valence-corrected chi connectivity index (χ0v) is 14.6. The number of hydrogen-bond donors (Lipinski definition) is 3. The predicted molar refractivity (Wildman–Crippen MR) is 89.8 cm³/mol. The summed E-state index contributed by atoms with van der Waals surface area (Å²) in [6, 6.07) is 7.11. The molecule has 0 aliphatic rings. The van der Waals surface area contributed by atoms with Crippen molar-refractivity contribution >= 4 is 15.9 Å². The summed E-state index contributed by atoms with van der Waals surface area (Å²) in [6.07, 6.45) is 0.315. The first kappa shape index (κ1) is 19.4. The highest BCUT2D eigenvalue weighted by Crippen LogP contribution is 2.11. The Labute approximate surface area is 137 Å². The number of amides is 1. The van der Waals surface area contributed by atoms with Crippen LogP contribution in [0.4, 0.5) is 0 Å². The van der Waals surface area contributed by atoms with Gasteiger partial charge in [0.2, 0.25) is 15.9 Å². The van der Waals surface area contributed by atoms with E-state index in [9.17, 15) is 13.2 Å². The van der Waals surface area contributed by atoms with Crippen molar-refractivity contribution in [2.24, 2.45) is 0 Å². The van der Waals surface area contributed by atoms with Crippen molar-refractivity contribution in [2.75, 3.05) is 26.5 Å². The second kappa shape index (κ2) is 9.49. The average molecular weight is 343 g/mol. The molecule has 0 saturated heterocycles. The Hall–Kier alpha value is -1.64. The molecule has 0 saturated carbocycles. The van der Waals surface area contributed by atoms with Gasteiger partial charge in [0.15, 0.2) is 0 Å². The summed E-state index contributed by atoms with van der Waals surface area (Å²) in [4.78, 5) is 11.2.